The SMILES string of the molecule is CC(C)OCCCNC(=O)[C@H](Cc1ccccc1)NC(=O)[C@H]1O[C@@H]1C(=O)[O-].[Na+]. The first-order valence-corrected chi connectivity index (χ1v) is 8.98. The average Bonchev–Trinajstić information content (AvgIpc) is 3.42. The number of carbonyl (C=O) groups is 3. The summed E-state index contributed by atoms with van der Waals surface area (Å²) in [5.74, 6) is -2.42. The molecule has 148 valence electrons. The molecule has 0 unspecified atom stereocenters. The second kappa shape index (κ2) is 12.2. The molecule has 1 aromatic rings. The van der Waals surface area contributed by atoms with Crippen LogP contribution < -0.4 is 45.3 Å². The van der Waals surface area contributed by atoms with E-state index in [9.17, 15) is 19.5 Å². The van der Waals surface area contributed by atoms with E-state index in [1.54, 1.807) is 0 Å². The molecule has 0 aromatic heterocycles. The maximum atomic E-state index is 12.5. The van der Waals surface area contributed by atoms with Crippen molar-refractivity contribution < 1.29 is 58.5 Å². The number of carboxylic acid groups (broad SMARTS) is 1. The van der Waals surface area contributed by atoms with E-state index in [4.69, 9.17) is 9.47 Å². The number of rotatable bonds is 11. The molecule has 3 atom stereocenters. The standard InChI is InChI=1S/C19H26N2O6.Na/c1-12(2)26-10-6-9-20-17(22)14(11-13-7-4-3-5-8-13)21-18(23)15-16(27-15)19(24)25;/h3-5,7-8,12,14-16H,6,9-11H2,1-2H3,(H,20,22)(H,21,23)(H,24,25);/q;+1/p-1/t14-,15-,16-;/m0./s1. The van der Waals surface area contributed by atoms with E-state index in [1.165, 1.54) is 0 Å². The summed E-state index contributed by atoms with van der Waals surface area (Å²) in [7, 11) is 0. The topological polar surface area (TPSA) is 120 Å². The van der Waals surface area contributed by atoms with Crippen molar-refractivity contribution in [2.45, 2.75) is 51.0 Å². The summed E-state index contributed by atoms with van der Waals surface area (Å²) in [6.45, 7) is 4.80. The first kappa shape index (κ1) is 24.6. The van der Waals surface area contributed by atoms with Crippen LogP contribution in [0.5, 0.6) is 0 Å². The normalized spacial score (nSPS) is 18.7. The summed E-state index contributed by atoms with van der Waals surface area (Å²) in [4.78, 5) is 35.4. The molecule has 28 heavy (non-hydrogen) atoms. The number of amides is 2. The molecular weight excluding hydrogens is 375 g/mol. The first-order valence-electron chi connectivity index (χ1n) is 8.98. The van der Waals surface area contributed by atoms with Crippen LogP contribution in [0, 0.1) is 0 Å². The number of carbonyl (C=O) groups excluding carboxylic acids is 3. The molecule has 1 fully saturated rings. The quantitative estimate of drug-likeness (QED) is 0.223. The van der Waals surface area contributed by atoms with Crippen molar-refractivity contribution in [3.8, 4) is 0 Å². The van der Waals surface area contributed by atoms with Gasteiger partial charge in [0, 0.05) is 19.6 Å². The minimum Gasteiger partial charge on any atom is -0.547 e. The van der Waals surface area contributed by atoms with Gasteiger partial charge in [0.15, 0.2) is 6.10 Å². The fraction of sp³-hybridized carbons (Fsp3) is 0.526. The molecule has 0 aliphatic carbocycles. The Hall–Kier alpha value is -1.45. The number of benzene rings is 1. The molecule has 9 heteroatoms. The molecule has 0 bridgehead atoms. The zero-order valence-electron chi connectivity index (χ0n) is 16.5. The van der Waals surface area contributed by atoms with Crippen molar-refractivity contribution in [2.24, 2.45) is 0 Å². The summed E-state index contributed by atoms with van der Waals surface area (Å²) in [5.41, 5.74) is 0.870. The third-order valence-corrected chi connectivity index (χ3v) is 3.97. The second-order valence-electron chi connectivity index (χ2n) is 6.61. The molecule has 2 rings (SSSR count). The number of carboxylic acids is 1. The molecule has 1 aliphatic heterocycles. The van der Waals surface area contributed by atoms with Gasteiger partial charge in [-0.15, -0.1) is 0 Å². The van der Waals surface area contributed by atoms with Crippen molar-refractivity contribution in [3.05, 3.63) is 35.9 Å². The predicted molar refractivity (Wildman–Crippen MR) is 94.5 cm³/mol. The van der Waals surface area contributed by atoms with Gasteiger partial charge in [-0.05, 0) is 25.8 Å². The second-order valence-corrected chi connectivity index (χ2v) is 6.61. The maximum absolute atomic E-state index is 12.5. The van der Waals surface area contributed by atoms with Gasteiger partial charge in [0.1, 0.15) is 12.1 Å². The van der Waals surface area contributed by atoms with E-state index in [0.717, 1.165) is 5.56 Å². The van der Waals surface area contributed by atoms with Crippen molar-refractivity contribution in [3.63, 3.8) is 0 Å². The number of nitrogens with one attached hydrogen (secondary N) is 2. The van der Waals surface area contributed by atoms with Gasteiger partial charge in [-0.25, -0.2) is 0 Å². The number of aliphatic carboxylic acids is 1. The molecular formula is C19H25N2NaO6. The van der Waals surface area contributed by atoms with Gasteiger partial charge >= 0.3 is 29.6 Å². The Morgan fingerprint density at radius 3 is 2.43 bits per heavy atom. The zero-order valence-corrected chi connectivity index (χ0v) is 18.5. The largest absolute Gasteiger partial charge is 1.00 e. The van der Waals surface area contributed by atoms with E-state index in [0.29, 0.717) is 19.6 Å². The summed E-state index contributed by atoms with van der Waals surface area (Å²) < 4.78 is 10.2. The Balaban J connectivity index is 0.00000392. The van der Waals surface area contributed by atoms with Crippen LogP contribution in [-0.2, 0) is 30.3 Å². The first-order chi connectivity index (χ1) is 12.9. The molecule has 1 aliphatic rings. The van der Waals surface area contributed by atoms with Gasteiger partial charge in [0.05, 0.1) is 12.1 Å². The average molecular weight is 400 g/mol. The zero-order chi connectivity index (χ0) is 19.8. The number of ether oxygens (including phenoxy) is 2. The van der Waals surface area contributed by atoms with Crippen LogP contribution in [-0.4, -0.2) is 55.3 Å². The fourth-order valence-electron chi connectivity index (χ4n) is 2.53. The molecule has 8 nitrogen and oxygen atoms in total. The van der Waals surface area contributed by atoms with Crippen molar-refractivity contribution in [1.29, 1.82) is 0 Å². The van der Waals surface area contributed by atoms with Gasteiger partial charge < -0.3 is 30.0 Å². The number of hydrogen-bond donors (Lipinski definition) is 2. The van der Waals surface area contributed by atoms with Gasteiger partial charge in [-0.1, -0.05) is 30.3 Å². The van der Waals surface area contributed by atoms with Crippen LogP contribution >= 0.6 is 0 Å². The summed E-state index contributed by atoms with van der Waals surface area (Å²) in [6, 6.07) is 8.39. The summed E-state index contributed by atoms with van der Waals surface area (Å²) in [5, 5.41) is 16.1. The van der Waals surface area contributed by atoms with E-state index in [-0.39, 0.29) is 48.0 Å². The van der Waals surface area contributed by atoms with Crippen LogP contribution in [0.4, 0.5) is 0 Å². The summed E-state index contributed by atoms with van der Waals surface area (Å²) in [6.07, 6.45) is -1.31. The minimum absolute atomic E-state index is 0. The molecule has 2 N–H and O–H groups in total. The smallest absolute Gasteiger partial charge is 0.547 e. The van der Waals surface area contributed by atoms with Gasteiger partial charge in [0.25, 0.3) is 5.91 Å². The number of epoxide rings is 1. The molecule has 2 amide bonds. The number of hydrogen-bond acceptors (Lipinski definition) is 6. The van der Waals surface area contributed by atoms with Crippen molar-refractivity contribution in [1.82, 2.24) is 10.6 Å². The Morgan fingerprint density at radius 1 is 1.18 bits per heavy atom. The minimum atomic E-state index is -1.44. The van der Waals surface area contributed by atoms with Crippen molar-refractivity contribution >= 4 is 17.8 Å². The predicted octanol–water partition coefficient (Wildman–Crippen LogP) is -3.83. The maximum Gasteiger partial charge on any atom is 1.00 e. The third-order valence-electron chi connectivity index (χ3n) is 3.97. The van der Waals surface area contributed by atoms with Gasteiger partial charge in [-0.3, -0.25) is 9.59 Å². The molecule has 1 saturated heterocycles. The molecule has 0 saturated carbocycles. The van der Waals surface area contributed by atoms with Gasteiger partial charge in [0.2, 0.25) is 5.91 Å². The van der Waals surface area contributed by atoms with E-state index in [1.807, 2.05) is 44.2 Å². The molecule has 0 radical (unpaired) electrons. The Bertz CT molecular complexity index is 655. The van der Waals surface area contributed by atoms with Crippen LogP contribution in [0.25, 0.3) is 0 Å². The Kier molecular flexibility index (Phi) is 10.7. The molecule has 1 heterocycles. The third kappa shape index (κ3) is 8.28. The van der Waals surface area contributed by atoms with E-state index in [2.05, 4.69) is 10.6 Å². The van der Waals surface area contributed by atoms with Crippen molar-refractivity contribution in [2.75, 3.05) is 13.2 Å². The van der Waals surface area contributed by atoms with Gasteiger partial charge in [-0.2, -0.15) is 0 Å². The molecule has 0 spiro atoms. The van der Waals surface area contributed by atoms with E-state index >= 15 is 0 Å². The molecule has 1 aromatic carbocycles. The summed E-state index contributed by atoms with van der Waals surface area (Å²) >= 11 is 0. The van der Waals surface area contributed by atoms with Crippen LogP contribution in [0.3, 0.4) is 0 Å². The fourth-order valence-corrected chi connectivity index (χ4v) is 2.53. The van der Waals surface area contributed by atoms with E-state index < -0.39 is 30.1 Å². The monoisotopic (exact) mass is 400 g/mol. The van der Waals surface area contributed by atoms with Crippen LogP contribution in [0.15, 0.2) is 30.3 Å². The Morgan fingerprint density at radius 2 is 1.86 bits per heavy atom. The van der Waals surface area contributed by atoms with Crippen LogP contribution in [0.1, 0.15) is 25.8 Å². The van der Waals surface area contributed by atoms with Crippen LogP contribution in [0.2, 0.25) is 0 Å². The Labute approximate surface area is 186 Å².